The number of anilines is 3. The zero-order valence-electron chi connectivity index (χ0n) is 17.9. The zero-order valence-corrected chi connectivity index (χ0v) is 18.7. The second-order valence-corrected chi connectivity index (χ2v) is 9.56. The Morgan fingerprint density at radius 2 is 1.72 bits per heavy atom. The van der Waals surface area contributed by atoms with E-state index in [1.54, 1.807) is 6.20 Å². The van der Waals surface area contributed by atoms with E-state index in [9.17, 15) is 8.42 Å². The lowest BCUT2D eigenvalue weighted by atomic mass is 10.3. The molecule has 10 heteroatoms. The largest absolute Gasteiger partial charge is 0.492 e. The molecule has 1 fully saturated rings. The first-order valence-electron chi connectivity index (χ1n) is 10.4. The van der Waals surface area contributed by atoms with Crippen LogP contribution in [0.2, 0.25) is 0 Å². The molecule has 1 aliphatic rings. The van der Waals surface area contributed by atoms with Gasteiger partial charge in [0.2, 0.25) is 10.0 Å². The highest BCUT2D eigenvalue weighted by Crippen LogP contribution is 2.20. The average Bonchev–Trinajstić information content (AvgIpc) is 2.80. The minimum atomic E-state index is -3.38. The van der Waals surface area contributed by atoms with Crippen molar-refractivity contribution in [3.8, 4) is 5.75 Å². The molecular formula is C22H26N6O3S. The van der Waals surface area contributed by atoms with Crippen molar-refractivity contribution in [3.05, 3.63) is 66.6 Å². The molecule has 0 radical (unpaired) electrons. The second-order valence-electron chi connectivity index (χ2n) is 7.47. The Bertz CT molecular complexity index is 1140. The number of hydrogen-bond acceptors (Lipinski definition) is 8. The third kappa shape index (κ3) is 5.71. The van der Waals surface area contributed by atoms with E-state index in [0.29, 0.717) is 43.6 Å². The number of ether oxygens (including phenoxy) is 1. The molecule has 0 spiro atoms. The summed E-state index contributed by atoms with van der Waals surface area (Å²) >= 11 is 0. The lowest BCUT2D eigenvalue weighted by molar-refractivity contribution is 0.331. The summed E-state index contributed by atoms with van der Waals surface area (Å²) in [6, 6.07) is 14.9. The molecule has 3 heterocycles. The number of benzene rings is 1. The van der Waals surface area contributed by atoms with Crippen LogP contribution in [0.25, 0.3) is 0 Å². The quantitative estimate of drug-likeness (QED) is 0.554. The normalized spacial score (nSPS) is 14.8. The number of aromatic nitrogens is 3. The SMILES string of the molecule is Cc1ccnc(Nc2cc(N3CCN(S(=O)(=O)CCOc4ccccc4)CC3)ncn2)c1. The number of para-hydroxylation sites is 1. The van der Waals surface area contributed by atoms with Gasteiger partial charge in [-0.1, -0.05) is 18.2 Å². The van der Waals surface area contributed by atoms with Crippen molar-refractivity contribution in [1.29, 1.82) is 0 Å². The Morgan fingerprint density at radius 1 is 0.969 bits per heavy atom. The number of sulfonamides is 1. The highest BCUT2D eigenvalue weighted by Gasteiger charge is 2.27. The summed E-state index contributed by atoms with van der Waals surface area (Å²) in [7, 11) is -3.38. The summed E-state index contributed by atoms with van der Waals surface area (Å²) in [4.78, 5) is 15.0. The van der Waals surface area contributed by atoms with Crippen molar-refractivity contribution >= 4 is 27.5 Å². The third-order valence-electron chi connectivity index (χ3n) is 5.13. The van der Waals surface area contributed by atoms with Gasteiger partial charge >= 0.3 is 0 Å². The van der Waals surface area contributed by atoms with Gasteiger partial charge in [-0.25, -0.2) is 23.4 Å². The molecular weight excluding hydrogens is 428 g/mol. The molecule has 168 valence electrons. The molecule has 0 bridgehead atoms. The van der Waals surface area contributed by atoms with Crippen molar-refractivity contribution in [3.63, 3.8) is 0 Å². The van der Waals surface area contributed by atoms with Crippen LogP contribution in [-0.4, -0.2) is 66.2 Å². The summed E-state index contributed by atoms with van der Waals surface area (Å²) < 4.78 is 32.4. The van der Waals surface area contributed by atoms with Crippen molar-refractivity contribution in [2.45, 2.75) is 6.92 Å². The average molecular weight is 455 g/mol. The highest BCUT2D eigenvalue weighted by molar-refractivity contribution is 7.89. The molecule has 4 rings (SSSR count). The first kappa shape index (κ1) is 22.0. The molecule has 32 heavy (non-hydrogen) atoms. The topological polar surface area (TPSA) is 101 Å². The van der Waals surface area contributed by atoms with Gasteiger partial charge in [-0.3, -0.25) is 0 Å². The zero-order chi connectivity index (χ0) is 22.4. The minimum Gasteiger partial charge on any atom is -0.492 e. The fourth-order valence-electron chi connectivity index (χ4n) is 3.43. The van der Waals surface area contributed by atoms with Gasteiger partial charge in [-0.2, -0.15) is 4.31 Å². The summed E-state index contributed by atoms with van der Waals surface area (Å²) in [5, 5.41) is 3.18. The Morgan fingerprint density at radius 3 is 2.47 bits per heavy atom. The van der Waals surface area contributed by atoms with Gasteiger partial charge in [0.05, 0.1) is 5.75 Å². The number of aryl methyl sites for hydroxylation is 1. The Labute approximate surface area is 188 Å². The minimum absolute atomic E-state index is 0.0486. The van der Waals surface area contributed by atoms with Crippen LogP contribution < -0.4 is 15.0 Å². The summed E-state index contributed by atoms with van der Waals surface area (Å²) in [5.41, 5.74) is 1.10. The molecule has 9 nitrogen and oxygen atoms in total. The van der Waals surface area contributed by atoms with Crippen LogP contribution in [-0.2, 0) is 10.0 Å². The van der Waals surface area contributed by atoms with Crippen LogP contribution in [0.15, 0.2) is 61.1 Å². The van der Waals surface area contributed by atoms with Gasteiger partial charge in [0.1, 0.15) is 36.1 Å². The third-order valence-corrected chi connectivity index (χ3v) is 6.97. The first-order chi connectivity index (χ1) is 15.5. The number of nitrogens with zero attached hydrogens (tertiary/aromatic N) is 5. The number of hydrogen-bond donors (Lipinski definition) is 1. The van der Waals surface area contributed by atoms with Crippen LogP contribution in [0.1, 0.15) is 5.56 Å². The molecule has 0 atom stereocenters. The van der Waals surface area contributed by atoms with Crippen LogP contribution in [0.4, 0.5) is 17.5 Å². The maximum atomic E-state index is 12.7. The maximum absolute atomic E-state index is 12.7. The predicted molar refractivity (Wildman–Crippen MR) is 124 cm³/mol. The molecule has 1 N–H and O–H groups in total. The van der Waals surface area contributed by atoms with Gasteiger partial charge in [0.15, 0.2) is 0 Å². The molecule has 1 saturated heterocycles. The fraction of sp³-hybridized carbons (Fsp3) is 0.318. The van der Waals surface area contributed by atoms with E-state index >= 15 is 0 Å². The summed E-state index contributed by atoms with van der Waals surface area (Å²) in [6.45, 7) is 4.04. The maximum Gasteiger partial charge on any atom is 0.217 e. The number of nitrogens with one attached hydrogen (secondary N) is 1. The van der Waals surface area contributed by atoms with E-state index in [1.165, 1.54) is 10.6 Å². The van der Waals surface area contributed by atoms with Gasteiger partial charge in [-0.05, 0) is 36.8 Å². The lowest BCUT2D eigenvalue weighted by Gasteiger charge is -2.34. The van der Waals surface area contributed by atoms with Crippen molar-refractivity contribution in [2.75, 3.05) is 48.8 Å². The van der Waals surface area contributed by atoms with E-state index in [-0.39, 0.29) is 12.4 Å². The van der Waals surface area contributed by atoms with E-state index < -0.39 is 10.0 Å². The fourth-order valence-corrected chi connectivity index (χ4v) is 4.70. The van der Waals surface area contributed by atoms with Gasteiger partial charge in [0.25, 0.3) is 0 Å². The predicted octanol–water partition coefficient (Wildman–Crippen LogP) is 2.45. The second kappa shape index (κ2) is 9.92. The molecule has 1 aromatic carbocycles. The van der Waals surface area contributed by atoms with Crippen molar-refractivity contribution < 1.29 is 13.2 Å². The van der Waals surface area contributed by atoms with Crippen molar-refractivity contribution in [2.24, 2.45) is 0 Å². The molecule has 3 aromatic rings. The molecule has 0 saturated carbocycles. The standard InChI is InChI=1S/C22H26N6O3S/c1-18-7-8-23-20(15-18)26-21-16-22(25-17-24-21)27-9-11-28(12-10-27)32(29,30)14-13-31-19-5-3-2-4-6-19/h2-8,15-17H,9-14H2,1H3,(H,23,24,25,26). The van der Waals surface area contributed by atoms with Crippen LogP contribution >= 0.6 is 0 Å². The number of piperazine rings is 1. The molecule has 0 amide bonds. The Kier molecular flexibility index (Phi) is 6.81. The number of rotatable bonds is 8. The van der Waals surface area contributed by atoms with E-state index in [0.717, 1.165) is 11.4 Å². The number of pyridine rings is 1. The molecule has 0 aliphatic carbocycles. The van der Waals surface area contributed by atoms with E-state index in [4.69, 9.17) is 4.74 Å². The molecule has 1 aliphatic heterocycles. The van der Waals surface area contributed by atoms with Crippen LogP contribution in [0, 0.1) is 6.92 Å². The monoisotopic (exact) mass is 454 g/mol. The molecule has 0 unspecified atom stereocenters. The first-order valence-corrected chi connectivity index (χ1v) is 12.0. The Hall–Kier alpha value is -3.24. The lowest BCUT2D eigenvalue weighted by Crippen LogP contribution is -2.50. The summed E-state index contributed by atoms with van der Waals surface area (Å²) in [6.07, 6.45) is 3.24. The summed E-state index contributed by atoms with van der Waals surface area (Å²) in [5.74, 6) is 2.72. The smallest absolute Gasteiger partial charge is 0.217 e. The van der Waals surface area contributed by atoms with Crippen LogP contribution in [0.5, 0.6) is 5.75 Å². The van der Waals surface area contributed by atoms with Gasteiger partial charge < -0.3 is 15.0 Å². The van der Waals surface area contributed by atoms with E-state index in [2.05, 4.69) is 25.2 Å². The Balaban J connectivity index is 1.31. The highest BCUT2D eigenvalue weighted by atomic mass is 32.2. The van der Waals surface area contributed by atoms with Crippen LogP contribution in [0.3, 0.4) is 0 Å². The van der Waals surface area contributed by atoms with Crippen molar-refractivity contribution in [1.82, 2.24) is 19.3 Å². The molecule has 2 aromatic heterocycles. The van der Waals surface area contributed by atoms with Gasteiger partial charge in [-0.15, -0.1) is 0 Å². The van der Waals surface area contributed by atoms with E-state index in [1.807, 2.05) is 55.5 Å². The van der Waals surface area contributed by atoms with Gasteiger partial charge in [0, 0.05) is 38.4 Å².